The Kier molecular flexibility index (Phi) is 4.84. The Labute approximate surface area is 107 Å². The first-order valence-electron chi connectivity index (χ1n) is 5.89. The van der Waals surface area contributed by atoms with Crippen LogP contribution in [0, 0.1) is 5.82 Å². The van der Waals surface area contributed by atoms with Gasteiger partial charge in [0.1, 0.15) is 5.82 Å². The molecule has 1 aromatic rings. The second kappa shape index (κ2) is 5.96. The summed E-state index contributed by atoms with van der Waals surface area (Å²) in [6, 6.07) is 5.61. The third-order valence-electron chi connectivity index (χ3n) is 3.16. The molecule has 0 radical (unpaired) electrons. The molecule has 0 bridgehead atoms. The zero-order valence-corrected chi connectivity index (χ0v) is 10.9. The van der Waals surface area contributed by atoms with Gasteiger partial charge in [-0.15, -0.1) is 0 Å². The Morgan fingerprint density at radius 1 is 1.39 bits per heavy atom. The van der Waals surface area contributed by atoms with E-state index in [1.54, 1.807) is 7.11 Å². The van der Waals surface area contributed by atoms with E-state index < -0.39 is 11.9 Å². The summed E-state index contributed by atoms with van der Waals surface area (Å²) in [5, 5.41) is 9.23. The first-order chi connectivity index (χ1) is 8.35. The van der Waals surface area contributed by atoms with Crippen LogP contribution >= 0.6 is 0 Å². The lowest BCUT2D eigenvalue weighted by molar-refractivity contribution is -0.139. The lowest BCUT2D eigenvalue weighted by Crippen LogP contribution is -2.24. The highest BCUT2D eigenvalue weighted by molar-refractivity contribution is 5.76. The van der Waals surface area contributed by atoms with E-state index in [0.29, 0.717) is 18.4 Å². The molecule has 0 aromatic heterocycles. The van der Waals surface area contributed by atoms with E-state index in [1.807, 2.05) is 13.8 Å². The number of ether oxygens (including phenoxy) is 1. The second-order valence-corrected chi connectivity index (χ2v) is 4.94. The molecule has 0 aliphatic heterocycles. The normalized spacial score (nSPS) is 13.3. The topological polar surface area (TPSA) is 46.5 Å². The highest BCUT2D eigenvalue weighted by Gasteiger charge is 2.24. The molecule has 0 aliphatic rings. The maximum Gasteiger partial charge on any atom is 0.310 e. The van der Waals surface area contributed by atoms with Crippen molar-refractivity contribution >= 4 is 5.97 Å². The van der Waals surface area contributed by atoms with Crippen molar-refractivity contribution in [1.82, 2.24) is 0 Å². The van der Waals surface area contributed by atoms with Gasteiger partial charge in [-0.05, 0) is 44.4 Å². The summed E-state index contributed by atoms with van der Waals surface area (Å²) in [5.74, 6) is -1.88. The molecule has 1 unspecified atom stereocenters. The van der Waals surface area contributed by atoms with Crippen LogP contribution in [0.5, 0.6) is 0 Å². The van der Waals surface area contributed by atoms with E-state index in [4.69, 9.17) is 4.74 Å². The number of hydrogen-bond acceptors (Lipinski definition) is 2. The molecule has 0 saturated heterocycles. The Hall–Kier alpha value is -1.42. The van der Waals surface area contributed by atoms with E-state index in [0.717, 1.165) is 0 Å². The molecule has 18 heavy (non-hydrogen) atoms. The molecule has 0 amide bonds. The minimum absolute atomic E-state index is 0.353. The van der Waals surface area contributed by atoms with Gasteiger partial charge in [-0.1, -0.05) is 12.1 Å². The largest absolute Gasteiger partial charge is 0.481 e. The number of benzene rings is 1. The van der Waals surface area contributed by atoms with Crippen molar-refractivity contribution in [2.75, 3.05) is 7.11 Å². The molecule has 0 fully saturated rings. The summed E-state index contributed by atoms with van der Waals surface area (Å²) in [5.41, 5.74) is 0.268. The summed E-state index contributed by atoms with van der Waals surface area (Å²) in [7, 11) is 1.60. The molecule has 3 nitrogen and oxygen atoms in total. The SMILES string of the molecule is COC(C)(C)CCC(C(=O)O)c1ccc(F)cc1. The highest BCUT2D eigenvalue weighted by atomic mass is 19.1. The third-order valence-corrected chi connectivity index (χ3v) is 3.16. The van der Waals surface area contributed by atoms with Gasteiger partial charge >= 0.3 is 5.97 Å². The monoisotopic (exact) mass is 254 g/mol. The quantitative estimate of drug-likeness (QED) is 0.848. The van der Waals surface area contributed by atoms with Crippen molar-refractivity contribution in [3.05, 3.63) is 35.6 Å². The minimum atomic E-state index is -0.895. The van der Waals surface area contributed by atoms with Crippen LogP contribution in [-0.4, -0.2) is 23.8 Å². The molecular weight excluding hydrogens is 235 g/mol. The fraction of sp³-hybridized carbons (Fsp3) is 0.500. The van der Waals surface area contributed by atoms with Crippen LogP contribution < -0.4 is 0 Å². The highest BCUT2D eigenvalue weighted by Crippen LogP contribution is 2.26. The Balaban J connectivity index is 2.78. The molecule has 4 heteroatoms. The second-order valence-electron chi connectivity index (χ2n) is 4.94. The number of carboxylic acid groups (broad SMARTS) is 1. The third kappa shape index (κ3) is 4.11. The van der Waals surface area contributed by atoms with Gasteiger partial charge in [0, 0.05) is 7.11 Å². The molecule has 1 N–H and O–H groups in total. The molecular formula is C14H19FO3. The van der Waals surface area contributed by atoms with Crippen molar-refractivity contribution in [2.24, 2.45) is 0 Å². The molecule has 100 valence electrons. The predicted molar refractivity (Wildman–Crippen MR) is 67.1 cm³/mol. The summed E-state index contributed by atoms with van der Waals surface area (Å²) in [6.45, 7) is 3.83. The van der Waals surface area contributed by atoms with Crippen molar-refractivity contribution in [2.45, 2.75) is 38.2 Å². The Morgan fingerprint density at radius 2 is 1.94 bits per heavy atom. The van der Waals surface area contributed by atoms with Crippen LogP contribution in [0.3, 0.4) is 0 Å². The van der Waals surface area contributed by atoms with Gasteiger partial charge in [-0.2, -0.15) is 0 Å². The van der Waals surface area contributed by atoms with Crippen LogP contribution in [0.1, 0.15) is 38.2 Å². The average molecular weight is 254 g/mol. The van der Waals surface area contributed by atoms with Crippen molar-refractivity contribution in [1.29, 1.82) is 0 Å². The smallest absolute Gasteiger partial charge is 0.310 e. The predicted octanol–water partition coefficient (Wildman–Crippen LogP) is 3.20. The van der Waals surface area contributed by atoms with Gasteiger partial charge < -0.3 is 9.84 Å². The van der Waals surface area contributed by atoms with Crippen molar-refractivity contribution in [3.63, 3.8) is 0 Å². The van der Waals surface area contributed by atoms with Gasteiger partial charge in [0.25, 0.3) is 0 Å². The molecule has 1 atom stereocenters. The first-order valence-corrected chi connectivity index (χ1v) is 5.89. The van der Waals surface area contributed by atoms with Gasteiger partial charge in [0.15, 0.2) is 0 Å². The average Bonchev–Trinajstić information content (AvgIpc) is 2.31. The zero-order chi connectivity index (χ0) is 13.8. The van der Waals surface area contributed by atoms with Gasteiger partial charge in [-0.25, -0.2) is 4.39 Å². The number of rotatable bonds is 6. The van der Waals surface area contributed by atoms with Gasteiger partial charge in [0.2, 0.25) is 0 Å². The van der Waals surface area contributed by atoms with Crippen molar-refractivity contribution in [3.8, 4) is 0 Å². The number of halogens is 1. The van der Waals surface area contributed by atoms with E-state index in [-0.39, 0.29) is 11.4 Å². The summed E-state index contributed by atoms with van der Waals surface area (Å²) in [4.78, 5) is 11.3. The molecule has 0 heterocycles. The first kappa shape index (κ1) is 14.6. The molecule has 0 aliphatic carbocycles. The maximum absolute atomic E-state index is 12.8. The Morgan fingerprint density at radius 3 is 2.39 bits per heavy atom. The van der Waals surface area contributed by atoms with Gasteiger partial charge in [-0.3, -0.25) is 4.79 Å². The molecule has 0 spiro atoms. The van der Waals surface area contributed by atoms with Crippen LogP contribution in [-0.2, 0) is 9.53 Å². The number of carbonyl (C=O) groups is 1. The lowest BCUT2D eigenvalue weighted by atomic mass is 9.90. The van der Waals surface area contributed by atoms with E-state index in [2.05, 4.69) is 0 Å². The lowest BCUT2D eigenvalue weighted by Gasteiger charge is -2.24. The number of aliphatic carboxylic acids is 1. The zero-order valence-electron chi connectivity index (χ0n) is 10.9. The fourth-order valence-electron chi connectivity index (χ4n) is 1.72. The van der Waals surface area contributed by atoms with E-state index in [1.165, 1.54) is 24.3 Å². The number of carboxylic acids is 1. The van der Waals surface area contributed by atoms with Crippen LogP contribution in [0.4, 0.5) is 4.39 Å². The minimum Gasteiger partial charge on any atom is -0.481 e. The Bertz CT molecular complexity index is 398. The molecule has 0 saturated carbocycles. The van der Waals surface area contributed by atoms with Crippen LogP contribution in [0.25, 0.3) is 0 Å². The summed E-state index contributed by atoms with van der Waals surface area (Å²) in [6.07, 6.45) is 1.08. The van der Waals surface area contributed by atoms with Crippen LogP contribution in [0.2, 0.25) is 0 Å². The van der Waals surface area contributed by atoms with E-state index >= 15 is 0 Å². The summed E-state index contributed by atoms with van der Waals surface area (Å²) >= 11 is 0. The standard InChI is InChI=1S/C14H19FO3/c1-14(2,18-3)9-8-12(13(16)17)10-4-6-11(15)7-5-10/h4-7,12H,8-9H2,1-3H3,(H,16,17). The molecule has 1 aromatic carbocycles. The molecule has 1 rings (SSSR count). The summed E-state index contributed by atoms with van der Waals surface area (Å²) < 4.78 is 18.1. The number of methoxy groups -OCH3 is 1. The van der Waals surface area contributed by atoms with Gasteiger partial charge in [0.05, 0.1) is 11.5 Å². The van der Waals surface area contributed by atoms with Crippen LogP contribution in [0.15, 0.2) is 24.3 Å². The van der Waals surface area contributed by atoms with Crippen molar-refractivity contribution < 1.29 is 19.0 Å². The number of hydrogen-bond donors (Lipinski definition) is 1. The fourth-order valence-corrected chi connectivity index (χ4v) is 1.72. The maximum atomic E-state index is 12.8. The van der Waals surface area contributed by atoms with E-state index in [9.17, 15) is 14.3 Å².